The lowest BCUT2D eigenvalue weighted by atomic mass is 9.47. The zero-order valence-electron chi connectivity index (χ0n) is 30.6. The summed E-state index contributed by atoms with van der Waals surface area (Å²) in [5.41, 5.74) is 2.52. The standard InChI is InChI=1S/C43H72O2/c1-7-8-9-10-11-12-13-14-15-16-17-18-19-23-41(44)45-36-28-30-42(5)35(32-36)24-25-37-39-27-26-38(34(4)22-20-21-33(2)3)43(39,6)31-29-40(37)42/h9-10,12-13,24,33-34,36-40H,7-8,11,14-23,25-32H2,1-6H3. The van der Waals surface area contributed by atoms with Crippen LogP contribution in [0, 0.1) is 46.3 Å². The molecule has 0 aromatic carbocycles. The van der Waals surface area contributed by atoms with Gasteiger partial charge in [0.2, 0.25) is 0 Å². The highest BCUT2D eigenvalue weighted by molar-refractivity contribution is 5.69. The summed E-state index contributed by atoms with van der Waals surface area (Å²) in [5.74, 6) is 5.30. The van der Waals surface area contributed by atoms with Gasteiger partial charge in [-0.2, -0.15) is 0 Å². The molecule has 3 saturated carbocycles. The Labute approximate surface area is 279 Å². The number of esters is 1. The highest BCUT2D eigenvalue weighted by Gasteiger charge is 2.59. The van der Waals surface area contributed by atoms with Crippen molar-refractivity contribution < 1.29 is 9.53 Å². The number of carbonyl (C=O) groups is 1. The summed E-state index contributed by atoms with van der Waals surface area (Å²) in [4.78, 5) is 12.8. The summed E-state index contributed by atoms with van der Waals surface area (Å²) >= 11 is 0. The number of rotatable bonds is 18. The first-order valence-electron chi connectivity index (χ1n) is 19.9. The van der Waals surface area contributed by atoms with Gasteiger partial charge in [-0.25, -0.2) is 0 Å². The molecule has 0 heterocycles. The number of hydrogen-bond donors (Lipinski definition) is 0. The van der Waals surface area contributed by atoms with Gasteiger partial charge in [-0.1, -0.05) is 122 Å². The predicted molar refractivity (Wildman–Crippen MR) is 193 cm³/mol. The van der Waals surface area contributed by atoms with Crippen molar-refractivity contribution in [3.63, 3.8) is 0 Å². The number of fused-ring (bicyclic) bond motifs is 5. The molecule has 0 spiro atoms. The van der Waals surface area contributed by atoms with E-state index in [-0.39, 0.29) is 12.1 Å². The summed E-state index contributed by atoms with van der Waals surface area (Å²) in [6.45, 7) is 14.9. The van der Waals surface area contributed by atoms with E-state index in [0.717, 1.165) is 67.6 Å². The van der Waals surface area contributed by atoms with Crippen molar-refractivity contribution in [1.82, 2.24) is 0 Å². The maximum Gasteiger partial charge on any atom is 0.306 e. The molecule has 2 heteroatoms. The first-order valence-corrected chi connectivity index (χ1v) is 19.9. The van der Waals surface area contributed by atoms with E-state index in [2.05, 4.69) is 71.9 Å². The topological polar surface area (TPSA) is 26.3 Å². The molecular weight excluding hydrogens is 548 g/mol. The Morgan fingerprint density at radius 3 is 2.40 bits per heavy atom. The molecule has 0 saturated heterocycles. The predicted octanol–water partition coefficient (Wildman–Crippen LogP) is 13.0. The number of unbranched alkanes of at least 4 members (excludes halogenated alkanes) is 6. The van der Waals surface area contributed by atoms with E-state index in [0.29, 0.717) is 17.3 Å². The van der Waals surface area contributed by atoms with Gasteiger partial charge in [0.25, 0.3) is 0 Å². The van der Waals surface area contributed by atoms with Crippen molar-refractivity contribution >= 4 is 5.97 Å². The molecular formula is C43H72O2. The van der Waals surface area contributed by atoms with Crippen molar-refractivity contribution in [3.05, 3.63) is 36.0 Å². The van der Waals surface area contributed by atoms with Crippen molar-refractivity contribution in [2.24, 2.45) is 46.3 Å². The Bertz CT molecular complexity index is 988. The quantitative estimate of drug-likeness (QED) is 0.0865. The molecule has 0 N–H and O–H groups in total. The second-order valence-electron chi connectivity index (χ2n) is 16.9. The van der Waals surface area contributed by atoms with Crippen molar-refractivity contribution in [2.45, 2.75) is 182 Å². The Kier molecular flexibility index (Phi) is 14.4. The van der Waals surface area contributed by atoms with Crippen molar-refractivity contribution in [2.75, 3.05) is 0 Å². The molecule has 2 nitrogen and oxygen atoms in total. The lowest BCUT2D eigenvalue weighted by molar-refractivity contribution is -0.151. The van der Waals surface area contributed by atoms with Crippen LogP contribution in [-0.2, 0) is 9.53 Å². The fourth-order valence-corrected chi connectivity index (χ4v) is 10.7. The summed E-state index contributed by atoms with van der Waals surface area (Å²) in [5, 5.41) is 0. The van der Waals surface area contributed by atoms with E-state index in [4.69, 9.17) is 4.74 Å². The van der Waals surface area contributed by atoms with Crippen LogP contribution >= 0.6 is 0 Å². The lowest BCUT2D eigenvalue weighted by Gasteiger charge is -2.58. The maximum atomic E-state index is 12.8. The summed E-state index contributed by atoms with van der Waals surface area (Å²) in [7, 11) is 0. The van der Waals surface area contributed by atoms with Crippen LogP contribution in [-0.4, -0.2) is 12.1 Å². The number of allylic oxidation sites excluding steroid dienone is 5. The molecule has 0 radical (unpaired) electrons. The Morgan fingerprint density at radius 2 is 1.62 bits per heavy atom. The van der Waals surface area contributed by atoms with E-state index >= 15 is 0 Å². The molecule has 8 unspecified atom stereocenters. The highest BCUT2D eigenvalue weighted by atomic mass is 16.5. The Balaban J connectivity index is 1.16. The highest BCUT2D eigenvalue weighted by Crippen LogP contribution is 2.67. The fourth-order valence-electron chi connectivity index (χ4n) is 10.7. The molecule has 4 rings (SSSR count). The number of carbonyl (C=O) groups excluding carboxylic acids is 1. The minimum Gasteiger partial charge on any atom is -0.462 e. The van der Waals surface area contributed by atoms with Crippen LogP contribution in [0.15, 0.2) is 36.0 Å². The SMILES string of the molecule is CCCC=CCC=CCCCCCCCC(=O)OC1CCC2(C)C(=CCC3C2CCC2(C)C(C(C)CCCC(C)C)CCC32)C1. The maximum absolute atomic E-state index is 12.8. The zero-order chi connectivity index (χ0) is 32.3. The van der Waals surface area contributed by atoms with Gasteiger partial charge in [-0.3, -0.25) is 4.79 Å². The van der Waals surface area contributed by atoms with Gasteiger partial charge >= 0.3 is 5.97 Å². The van der Waals surface area contributed by atoms with Crippen LogP contribution in [0.1, 0.15) is 176 Å². The molecule has 256 valence electrons. The van der Waals surface area contributed by atoms with Gasteiger partial charge in [0, 0.05) is 12.8 Å². The monoisotopic (exact) mass is 621 g/mol. The van der Waals surface area contributed by atoms with Gasteiger partial charge < -0.3 is 4.74 Å². The van der Waals surface area contributed by atoms with Gasteiger partial charge in [0.05, 0.1) is 0 Å². The third-order valence-corrected chi connectivity index (χ3v) is 13.4. The minimum atomic E-state index is 0.0462. The van der Waals surface area contributed by atoms with Crippen LogP contribution in [0.4, 0.5) is 0 Å². The van der Waals surface area contributed by atoms with Crippen LogP contribution in [0.25, 0.3) is 0 Å². The van der Waals surface area contributed by atoms with E-state index in [9.17, 15) is 4.79 Å². The Morgan fingerprint density at radius 1 is 0.867 bits per heavy atom. The second-order valence-corrected chi connectivity index (χ2v) is 16.9. The molecule has 45 heavy (non-hydrogen) atoms. The third-order valence-electron chi connectivity index (χ3n) is 13.4. The molecule has 8 atom stereocenters. The summed E-state index contributed by atoms with van der Waals surface area (Å²) in [6, 6.07) is 0. The summed E-state index contributed by atoms with van der Waals surface area (Å²) < 4.78 is 6.11. The first kappa shape index (κ1) is 36.5. The average Bonchev–Trinajstić information content (AvgIpc) is 3.37. The minimum absolute atomic E-state index is 0.0462. The van der Waals surface area contributed by atoms with Crippen LogP contribution < -0.4 is 0 Å². The van der Waals surface area contributed by atoms with Gasteiger partial charge in [-0.15, -0.1) is 0 Å². The van der Waals surface area contributed by atoms with Crippen LogP contribution in [0.5, 0.6) is 0 Å². The van der Waals surface area contributed by atoms with Crippen LogP contribution in [0.3, 0.4) is 0 Å². The van der Waals surface area contributed by atoms with E-state index in [1.807, 2.05) is 0 Å². The van der Waals surface area contributed by atoms with Crippen molar-refractivity contribution in [1.29, 1.82) is 0 Å². The zero-order valence-corrected chi connectivity index (χ0v) is 30.6. The molecule has 0 aromatic rings. The molecule has 3 fully saturated rings. The fraction of sp³-hybridized carbons (Fsp3) is 0.837. The van der Waals surface area contributed by atoms with Gasteiger partial charge in [-0.05, 0) is 123 Å². The molecule has 0 amide bonds. The van der Waals surface area contributed by atoms with Gasteiger partial charge in [0.1, 0.15) is 6.10 Å². The Hall–Kier alpha value is -1.31. The second kappa shape index (κ2) is 17.7. The smallest absolute Gasteiger partial charge is 0.306 e. The van der Waals surface area contributed by atoms with Gasteiger partial charge in [0.15, 0.2) is 0 Å². The molecule has 0 aliphatic heterocycles. The van der Waals surface area contributed by atoms with E-state index < -0.39 is 0 Å². The summed E-state index contributed by atoms with van der Waals surface area (Å²) in [6.07, 6.45) is 37.6. The average molecular weight is 621 g/mol. The number of ether oxygens (including phenoxy) is 1. The molecule has 0 bridgehead atoms. The van der Waals surface area contributed by atoms with Crippen LogP contribution in [0.2, 0.25) is 0 Å². The molecule has 4 aliphatic rings. The van der Waals surface area contributed by atoms with E-state index in [1.165, 1.54) is 96.3 Å². The molecule has 0 aromatic heterocycles. The van der Waals surface area contributed by atoms with E-state index in [1.54, 1.807) is 5.57 Å². The third kappa shape index (κ3) is 9.63. The lowest BCUT2D eigenvalue weighted by Crippen LogP contribution is -2.51. The number of hydrogen-bond acceptors (Lipinski definition) is 2. The molecule has 4 aliphatic carbocycles. The largest absolute Gasteiger partial charge is 0.462 e. The van der Waals surface area contributed by atoms with Crippen molar-refractivity contribution in [3.8, 4) is 0 Å². The first-order chi connectivity index (χ1) is 21.7. The normalized spacial score (nSPS) is 33.7.